The number of benzene rings is 1. The molecule has 1 N–H and O–H groups in total. The molecule has 3 unspecified atom stereocenters. The quantitative estimate of drug-likeness (QED) is 0.612. The van der Waals surface area contributed by atoms with Crippen LogP contribution in [-0.4, -0.2) is 6.54 Å². The van der Waals surface area contributed by atoms with Crippen molar-refractivity contribution in [1.82, 2.24) is 5.32 Å². The molecule has 2 rings (SSSR count). The molecule has 3 heteroatoms. The fourth-order valence-electron chi connectivity index (χ4n) is 3.57. The summed E-state index contributed by atoms with van der Waals surface area (Å²) in [5.74, 6) is 1.66. The van der Waals surface area contributed by atoms with Crippen LogP contribution >= 0.6 is 27.5 Å². The van der Waals surface area contributed by atoms with Gasteiger partial charge in [0.2, 0.25) is 0 Å². The number of nitrogens with one attached hydrogen (secondary N) is 1. The number of hydrogen-bond acceptors (Lipinski definition) is 1. The summed E-state index contributed by atoms with van der Waals surface area (Å²) in [4.78, 5) is 0. The monoisotopic (exact) mass is 371 g/mol. The molecule has 0 aromatic heterocycles. The van der Waals surface area contributed by atoms with Gasteiger partial charge in [-0.3, -0.25) is 0 Å². The highest BCUT2D eigenvalue weighted by Crippen LogP contribution is 2.39. The number of rotatable bonds is 6. The Morgan fingerprint density at radius 1 is 1.33 bits per heavy atom. The zero-order valence-electron chi connectivity index (χ0n) is 13.2. The van der Waals surface area contributed by atoms with Crippen molar-refractivity contribution >= 4 is 27.5 Å². The van der Waals surface area contributed by atoms with E-state index in [1.807, 2.05) is 6.07 Å². The molecule has 1 aliphatic rings. The topological polar surface area (TPSA) is 12.0 Å². The molecule has 0 spiro atoms. The third-order valence-corrected chi connectivity index (χ3v) is 6.00. The first-order valence-electron chi connectivity index (χ1n) is 8.34. The molecule has 0 heterocycles. The number of hydrogen-bond donors (Lipinski definition) is 1. The molecule has 1 saturated carbocycles. The lowest BCUT2D eigenvalue weighted by molar-refractivity contribution is 0.209. The summed E-state index contributed by atoms with van der Waals surface area (Å²) in [7, 11) is 0. The van der Waals surface area contributed by atoms with Crippen molar-refractivity contribution in [2.45, 2.75) is 58.4 Å². The standard InChI is InChI=1S/C18H27BrClN/c1-3-10-21-18(14-7-5-6-13(4-2)11-14)15-8-9-17(20)16(19)12-15/h8-9,12-14,18,21H,3-7,10-11H2,1-2H3. The Hall–Kier alpha value is -0.0500. The minimum atomic E-state index is 0.466. The normalized spacial score (nSPS) is 24.0. The van der Waals surface area contributed by atoms with Gasteiger partial charge in [-0.25, -0.2) is 0 Å². The molecule has 0 amide bonds. The lowest BCUT2D eigenvalue weighted by Crippen LogP contribution is -2.32. The van der Waals surface area contributed by atoms with Crippen molar-refractivity contribution in [3.05, 3.63) is 33.3 Å². The van der Waals surface area contributed by atoms with Crippen LogP contribution in [0.5, 0.6) is 0 Å². The summed E-state index contributed by atoms with van der Waals surface area (Å²) < 4.78 is 1.01. The molecule has 3 atom stereocenters. The highest BCUT2D eigenvalue weighted by molar-refractivity contribution is 9.10. The van der Waals surface area contributed by atoms with Gasteiger partial charge in [-0.1, -0.05) is 50.8 Å². The van der Waals surface area contributed by atoms with Gasteiger partial charge in [-0.15, -0.1) is 0 Å². The molecule has 1 aromatic rings. The Kier molecular flexibility index (Phi) is 7.04. The maximum atomic E-state index is 6.15. The lowest BCUT2D eigenvalue weighted by atomic mass is 9.75. The number of halogens is 2. The Bertz CT molecular complexity index is 449. The Labute approximate surface area is 143 Å². The minimum absolute atomic E-state index is 0.466. The second kappa shape index (κ2) is 8.55. The summed E-state index contributed by atoms with van der Waals surface area (Å²) >= 11 is 9.73. The van der Waals surface area contributed by atoms with Gasteiger partial charge in [-0.2, -0.15) is 0 Å². The van der Waals surface area contributed by atoms with Crippen LogP contribution in [0.3, 0.4) is 0 Å². The third-order valence-electron chi connectivity index (χ3n) is 4.79. The van der Waals surface area contributed by atoms with E-state index in [2.05, 4.69) is 47.2 Å². The third kappa shape index (κ3) is 4.71. The average Bonchev–Trinajstić information content (AvgIpc) is 2.51. The van der Waals surface area contributed by atoms with Crippen LogP contribution in [0, 0.1) is 11.8 Å². The molecule has 1 nitrogen and oxygen atoms in total. The lowest BCUT2D eigenvalue weighted by Gasteiger charge is -2.35. The molecular formula is C18H27BrClN. The summed E-state index contributed by atoms with van der Waals surface area (Å²) in [6.07, 6.45) is 7.99. The summed E-state index contributed by atoms with van der Waals surface area (Å²) in [6.45, 7) is 5.65. The van der Waals surface area contributed by atoms with Gasteiger partial charge in [-0.05, 0) is 71.3 Å². The highest BCUT2D eigenvalue weighted by Gasteiger charge is 2.28. The Morgan fingerprint density at radius 2 is 2.14 bits per heavy atom. The molecule has 0 saturated heterocycles. The zero-order valence-corrected chi connectivity index (χ0v) is 15.5. The fourth-order valence-corrected chi connectivity index (χ4v) is 4.08. The van der Waals surface area contributed by atoms with E-state index in [4.69, 9.17) is 11.6 Å². The van der Waals surface area contributed by atoms with Crippen molar-refractivity contribution in [3.8, 4) is 0 Å². The van der Waals surface area contributed by atoms with Crippen molar-refractivity contribution in [1.29, 1.82) is 0 Å². The molecule has 0 radical (unpaired) electrons. The fraction of sp³-hybridized carbons (Fsp3) is 0.667. The van der Waals surface area contributed by atoms with Crippen molar-refractivity contribution in [3.63, 3.8) is 0 Å². The van der Waals surface area contributed by atoms with E-state index in [1.165, 1.54) is 44.1 Å². The van der Waals surface area contributed by atoms with Gasteiger partial charge >= 0.3 is 0 Å². The first-order valence-corrected chi connectivity index (χ1v) is 9.51. The van der Waals surface area contributed by atoms with Crippen LogP contribution in [0.4, 0.5) is 0 Å². The summed E-state index contributed by atoms with van der Waals surface area (Å²) in [5, 5.41) is 4.58. The predicted molar refractivity (Wildman–Crippen MR) is 95.9 cm³/mol. The van der Waals surface area contributed by atoms with Crippen LogP contribution in [0.15, 0.2) is 22.7 Å². The van der Waals surface area contributed by atoms with Crippen molar-refractivity contribution in [2.75, 3.05) is 6.54 Å². The van der Waals surface area contributed by atoms with Crippen LogP contribution in [0.2, 0.25) is 5.02 Å². The Balaban J connectivity index is 2.18. The average molecular weight is 373 g/mol. The smallest absolute Gasteiger partial charge is 0.0548 e. The molecule has 21 heavy (non-hydrogen) atoms. The van der Waals surface area contributed by atoms with E-state index < -0.39 is 0 Å². The van der Waals surface area contributed by atoms with E-state index >= 15 is 0 Å². The highest BCUT2D eigenvalue weighted by atomic mass is 79.9. The molecule has 1 fully saturated rings. The van der Waals surface area contributed by atoms with Crippen LogP contribution in [0.1, 0.15) is 64.0 Å². The van der Waals surface area contributed by atoms with E-state index in [1.54, 1.807) is 0 Å². The summed E-state index contributed by atoms with van der Waals surface area (Å²) in [6, 6.07) is 6.87. The van der Waals surface area contributed by atoms with Crippen LogP contribution < -0.4 is 5.32 Å². The van der Waals surface area contributed by atoms with Gasteiger partial charge in [0.25, 0.3) is 0 Å². The minimum Gasteiger partial charge on any atom is -0.310 e. The van der Waals surface area contributed by atoms with E-state index in [0.717, 1.165) is 27.9 Å². The first-order chi connectivity index (χ1) is 10.2. The molecule has 118 valence electrons. The largest absolute Gasteiger partial charge is 0.310 e. The molecular weight excluding hydrogens is 346 g/mol. The second-order valence-corrected chi connectivity index (χ2v) is 7.57. The maximum absolute atomic E-state index is 6.15. The maximum Gasteiger partial charge on any atom is 0.0548 e. The van der Waals surface area contributed by atoms with Gasteiger partial charge < -0.3 is 5.32 Å². The first kappa shape index (κ1) is 17.3. The summed E-state index contributed by atoms with van der Waals surface area (Å²) in [5.41, 5.74) is 1.38. The van der Waals surface area contributed by atoms with Crippen LogP contribution in [-0.2, 0) is 0 Å². The molecule has 0 bridgehead atoms. The Morgan fingerprint density at radius 3 is 2.81 bits per heavy atom. The van der Waals surface area contributed by atoms with Crippen LogP contribution in [0.25, 0.3) is 0 Å². The van der Waals surface area contributed by atoms with Gasteiger partial charge in [0.05, 0.1) is 5.02 Å². The van der Waals surface area contributed by atoms with E-state index in [0.29, 0.717) is 6.04 Å². The zero-order chi connectivity index (χ0) is 15.2. The molecule has 1 aromatic carbocycles. The van der Waals surface area contributed by atoms with Gasteiger partial charge in [0.15, 0.2) is 0 Å². The second-order valence-electron chi connectivity index (χ2n) is 6.31. The predicted octanol–water partition coefficient (Wildman–Crippen LogP) is 6.36. The molecule has 0 aliphatic heterocycles. The van der Waals surface area contributed by atoms with Gasteiger partial charge in [0.1, 0.15) is 0 Å². The van der Waals surface area contributed by atoms with E-state index in [9.17, 15) is 0 Å². The van der Waals surface area contributed by atoms with Crippen molar-refractivity contribution < 1.29 is 0 Å². The van der Waals surface area contributed by atoms with Crippen molar-refractivity contribution in [2.24, 2.45) is 11.8 Å². The SMILES string of the molecule is CCCNC(c1ccc(Cl)c(Br)c1)C1CCCC(CC)C1. The van der Waals surface area contributed by atoms with E-state index in [-0.39, 0.29) is 0 Å². The van der Waals surface area contributed by atoms with Gasteiger partial charge in [0, 0.05) is 10.5 Å². The molecule has 1 aliphatic carbocycles.